The van der Waals surface area contributed by atoms with E-state index in [9.17, 15) is 9.59 Å². The van der Waals surface area contributed by atoms with Crippen LogP contribution in [0.15, 0.2) is 12.3 Å². The first kappa shape index (κ1) is 23.3. The van der Waals surface area contributed by atoms with Gasteiger partial charge in [0.15, 0.2) is 5.82 Å². The predicted octanol–water partition coefficient (Wildman–Crippen LogP) is 2.59. The number of anilines is 2. The summed E-state index contributed by atoms with van der Waals surface area (Å²) in [5, 5.41) is 6.30. The second kappa shape index (κ2) is 10.2. The van der Waals surface area contributed by atoms with Crippen molar-refractivity contribution in [1.82, 2.24) is 25.2 Å². The maximum absolute atomic E-state index is 12.7. The molecule has 0 spiro atoms. The molecular weight excluding hydrogens is 382 g/mol. The minimum atomic E-state index is -0.438. The van der Waals surface area contributed by atoms with Gasteiger partial charge in [-0.1, -0.05) is 19.8 Å². The maximum Gasteiger partial charge on any atom is 0.255 e. The van der Waals surface area contributed by atoms with Crippen molar-refractivity contribution < 1.29 is 9.59 Å². The Bertz CT molecular complexity index is 898. The largest absolute Gasteiger partial charge is 0.368 e. The highest BCUT2D eigenvalue weighted by Crippen LogP contribution is 2.26. The van der Waals surface area contributed by atoms with Crippen molar-refractivity contribution in [2.45, 2.75) is 59.4 Å². The van der Waals surface area contributed by atoms with Crippen molar-refractivity contribution in [2.24, 2.45) is 0 Å². The molecule has 0 radical (unpaired) electrons. The van der Waals surface area contributed by atoms with Crippen molar-refractivity contribution in [1.29, 1.82) is 0 Å². The van der Waals surface area contributed by atoms with Gasteiger partial charge in [0.05, 0.1) is 16.6 Å². The Morgan fingerprint density at radius 3 is 2.50 bits per heavy atom. The molecule has 0 aliphatic rings. The van der Waals surface area contributed by atoms with E-state index in [4.69, 9.17) is 5.73 Å². The zero-order valence-electron chi connectivity index (χ0n) is 18.6. The Hall–Kier alpha value is -2.97. The molecule has 164 valence electrons. The summed E-state index contributed by atoms with van der Waals surface area (Å²) in [4.78, 5) is 39.0. The summed E-state index contributed by atoms with van der Waals surface area (Å²) < 4.78 is 0. The van der Waals surface area contributed by atoms with Crippen LogP contribution in [0, 0.1) is 0 Å². The van der Waals surface area contributed by atoms with Gasteiger partial charge in [0.1, 0.15) is 5.52 Å². The molecule has 0 bridgehead atoms. The second-order valence-electron chi connectivity index (χ2n) is 7.70. The Labute approximate surface area is 177 Å². The maximum atomic E-state index is 12.7. The van der Waals surface area contributed by atoms with Gasteiger partial charge in [-0.05, 0) is 33.3 Å². The molecule has 1 atom stereocenters. The molecule has 0 saturated carbocycles. The van der Waals surface area contributed by atoms with Crippen molar-refractivity contribution in [3.63, 3.8) is 0 Å². The van der Waals surface area contributed by atoms with Crippen molar-refractivity contribution in [3.8, 4) is 0 Å². The van der Waals surface area contributed by atoms with Crippen LogP contribution in [0.5, 0.6) is 0 Å². The van der Waals surface area contributed by atoms with Crippen LogP contribution in [0.2, 0.25) is 0 Å². The predicted molar refractivity (Wildman–Crippen MR) is 119 cm³/mol. The summed E-state index contributed by atoms with van der Waals surface area (Å²) >= 11 is 0. The van der Waals surface area contributed by atoms with Crippen LogP contribution in [0.4, 0.5) is 11.8 Å². The van der Waals surface area contributed by atoms with Crippen LogP contribution in [0.25, 0.3) is 11.0 Å². The minimum absolute atomic E-state index is 0.0933. The van der Waals surface area contributed by atoms with Crippen LogP contribution in [-0.2, 0) is 4.79 Å². The molecule has 0 fully saturated rings. The van der Waals surface area contributed by atoms with E-state index in [0.29, 0.717) is 42.0 Å². The van der Waals surface area contributed by atoms with Crippen LogP contribution in [0.1, 0.15) is 64.2 Å². The number of nitrogens with two attached hydrogens (primary N) is 1. The number of nitrogen functional groups attached to an aromatic ring is 1. The van der Waals surface area contributed by atoms with Gasteiger partial charge in [-0.3, -0.25) is 9.59 Å². The summed E-state index contributed by atoms with van der Waals surface area (Å²) in [7, 11) is 0. The monoisotopic (exact) mass is 415 g/mol. The second-order valence-corrected chi connectivity index (χ2v) is 7.70. The molecule has 9 nitrogen and oxygen atoms in total. The lowest BCUT2D eigenvalue weighted by molar-refractivity contribution is -0.119. The number of unbranched alkanes of at least 4 members (excludes halogenated alkanes) is 1. The number of aromatic nitrogens is 3. The van der Waals surface area contributed by atoms with Gasteiger partial charge < -0.3 is 21.3 Å². The fourth-order valence-electron chi connectivity index (χ4n) is 3.30. The molecule has 4 N–H and O–H groups in total. The first-order valence-electron chi connectivity index (χ1n) is 10.5. The quantitative estimate of drug-likeness (QED) is 0.544. The van der Waals surface area contributed by atoms with E-state index in [0.717, 1.165) is 19.3 Å². The standard InChI is InChI=1S/C21H33N7O2/c1-6-9-10-21(5,13-24-14(4)29)27-18-17-16(25-20(22)26-18)11-15(12-23-17)19(30)28(7-2)8-3/h11-12H,6-10,13H2,1-5H3,(H,24,29)(H3,22,25,26,27)/t21-/m1/s1. The van der Waals surface area contributed by atoms with Gasteiger partial charge in [-0.15, -0.1) is 0 Å². The highest BCUT2D eigenvalue weighted by Gasteiger charge is 2.26. The van der Waals surface area contributed by atoms with E-state index in [-0.39, 0.29) is 17.8 Å². The summed E-state index contributed by atoms with van der Waals surface area (Å²) in [6.07, 6.45) is 4.38. The number of rotatable bonds is 10. The molecular formula is C21H33N7O2. The topological polar surface area (TPSA) is 126 Å². The van der Waals surface area contributed by atoms with Crippen LogP contribution >= 0.6 is 0 Å². The van der Waals surface area contributed by atoms with Gasteiger partial charge in [0.25, 0.3) is 5.91 Å². The third-order valence-electron chi connectivity index (χ3n) is 5.08. The first-order valence-corrected chi connectivity index (χ1v) is 10.5. The van der Waals surface area contributed by atoms with Gasteiger partial charge in [0.2, 0.25) is 11.9 Å². The summed E-state index contributed by atoms with van der Waals surface area (Å²) in [5.74, 6) is 0.392. The van der Waals surface area contributed by atoms with E-state index in [1.807, 2.05) is 20.8 Å². The van der Waals surface area contributed by atoms with Crippen LogP contribution < -0.4 is 16.4 Å². The van der Waals surface area contributed by atoms with E-state index in [2.05, 4.69) is 32.5 Å². The normalized spacial score (nSPS) is 13.0. The molecule has 0 aromatic carbocycles. The third kappa shape index (κ3) is 5.77. The SMILES string of the molecule is CCCC[C@](C)(CNC(C)=O)Nc1nc(N)nc2cc(C(=O)N(CC)CC)cnc12. The lowest BCUT2D eigenvalue weighted by Crippen LogP contribution is -2.46. The summed E-state index contributed by atoms with van der Waals surface area (Å²) in [5.41, 5.74) is 7.01. The molecule has 2 rings (SSSR count). The molecule has 2 aromatic rings. The number of hydrogen-bond acceptors (Lipinski definition) is 7. The van der Waals surface area contributed by atoms with E-state index < -0.39 is 5.54 Å². The number of pyridine rings is 1. The van der Waals surface area contributed by atoms with Crippen molar-refractivity contribution >= 4 is 34.6 Å². The number of nitrogens with one attached hydrogen (secondary N) is 2. The fourth-order valence-corrected chi connectivity index (χ4v) is 3.30. The molecule has 0 saturated heterocycles. The minimum Gasteiger partial charge on any atom is -0.368 e. The Balaban J connectivity index is 2.42. The fraction of sp³-hybridized carbons (Fsp3) is 0.571. The molecule has 0 unspecified atom stereocenters. The Morgan fingerprint density at radius 2 is 1.90 bits per heavy atom. The molecule has 30 heavy (non-hydrogen) atoms. The zero-order valence-corrected chi connectivity index (χ0v) is 18.6. The molecule has 2 heterocycles. The molecule has 0 aliphatic carbocycles. The average Bonchev–Trinajstić information content (AvgIpc) is 2.71. The van der Waals surface area contributed by atoms with Gasteiger partial charge in [-0.25, -0.2) is 9.97 Å². The van der Waals surface area contributed by atoms with Crippen molar-refractivity contribution in [3.05, 3.63) is 17.8 Å². The number of carbonyl (C=O) groups is 2. The summed E-state index contributed by atoms with van der Waals surface area (Å²) in [6, 6.07) is 1.70. The van der Waals surface area contributed by atoms with Gasteiger partial charge in [0, 0.05) is 32.8 Å². The average molecular weight is 416 g/mol. The lowest BCUT2D eigenvalue weighted by Gasteiger charge is -2.32. The van der Waals surface area contributed by atoms with E-state index >= 15 is 0 Å². The molecule has 0 aliphatic heterocycles. The lowest BCUT2D eigenvalue weighted by atomic mass is 9.94. The smallest absolute Gasteiger partial charge is 0.255 e. The third-order valence-corrected chi connectivity index (χ3v) is 5.08. The van der Waals surface area contributed by atoms with E-state index in [1.165, 1.54) is 6.92 Å². The number of hydrogen-bond donors (Lipinski definition) is 3. The zero-order chi connectivity index (χ0) is 22.3. The van der Waals surface area contributed by atoms with Crippen LogP contribution in [0.3, 0.4) is 0 Å². The number of amides is 2. The Kier molecular flexibility index (Phi) is 7.91. The number of nitrogens with zero attached hydrogens (tertiary/aromatic N) is 4. The molecule has 2 amide bonds. The van der Waals surface area contributed by atoms with Gasteiger partial charge >= 0.3 is 0 Å². The molecule has 2 aromatic heterocycles. The Morgan fingerprint density at radius 1 is 1.20 bits per heavy atom. The van der Waals surface area contributed by atoms with Gasteiger partial charge in [-0.2, -0.15) is 4.98 Å². The highest BCUT2D eigenvalue weighted by molar-refractivity contribution is 5.98. The highest BCUT2D eigenvalue weighted by atomic mass is 16.2. The molecule has 9 heteroatoms. The first-order chi connectivity index (χ1) is 14.2. The number of carbonyl (C=O) groups excluding carboxylic acids is 2. The van der Waals surface area contributed by atoms with E-state index in [1.54, 1.807) is 17.2 Å². The summed E-state index contributed by atoms with van der Waals surface area (Å²) in [6.45, 7) is 11.2. The van der Waals surface area contributed by atoms with Crippen LogP contribution in [-0.4, -0.2) is 56.8 Å². The van der Waals surface area contributed by atoms with Crippen molar-refractivity contribution in [2.75, 3.05) is 30.7 Å². The number of fused-ring (bicyclic) bond motifs is 1.